The van der Waals surface area contributed by atoms with Gasteiger partial charge >= 0.3 is 0 Å². The van der Waals surface area contributed by atoms with E-state index in [-0.39, 0.29) is 12.1 Å². The van der Waals surface area contributed by atoms with Crippen LogP contribution in [0.3, 0.4) is 0 Å². The zero-order valence-corrected chi connectivity index (χ0v) is 20.1. The van der Waals surface area contributed by atoms with Crippen LogP contribution in [0.4, 0.5) is 15.8 Å². The summed E-state index contributed by atoms with van der Waals surface area (Å²) in [6.07, 6.45) is 0. The van der Waals surface area contributed by atoms with Crippen LogP contribution in [0.5, 0.6) is 11.5 Å². The second-order valence-electron chi connectivity index (χ2n) is 7.87. The summed E-state index contributed by atoms with van der Waals surface area (Å²) >= 11 is 6.26. The number of anilines is 2. The number of halogens is 2. The first kappa shape index (κ1) is 24.2. The number of nitrogens with one attached hydrogen (secondary N) is 1. The fourth-order valence-corrected chi connectivity index (χ4v) is 4.02. The van der Waals surface area contributed by atoms with Gasteiger partial charge in [0.05, 0.1) is 25.6 Å². The Balaban J connectivity index is 1.70. The van der Waals surface area contributed by atoms with Gasteiger partial charge in [-0.05, 0) is 37.3 Å². The summed E-state index contributed by atoms with van der Waals surface area (Å²) < 4.78 is 25.2. The van der Waals surface area contributed by atoms with Crippen molar-refractivity contribution in [2.24, 2.45) is 4.99 Å². The van der Waals surface area contributed by atoms with Gasteiger partial charge in [0.1, 0.15) is 29.9 Å². The minimum atomic E-state index is -0.861. The number of fused-ring (bicyclic) bond motifs is 1. The molecule has 1 aliphatic heterocycles. The maximum absolute atomic E-state index is 14.7. The predicted octanol–water partition coefficient (Wildman–Crippen LogP) is 4.71. The molecule has 1 unspecified atom stereocenters. The number of rotatable bonds is 6. The van der Waals surface area contributed by atoms with Gasteiger partial charge < -0.3 is 19.7 Å². The van der Waals surface area contributed by atoms with E-state index in [0.717, 1.165) is 0 Å². The van der Waals surface area contributed by atoms with Crippen LogP contribution in [0.15, 0.2) is 65.7 Å². The average molecular weight is 496 g/mol. The molecule has 1 atom stereocenters. The van der Waals surface area contributed by atoms with Crippen molar-refractivity contribution in [3.05, 3.63) is 82.6 Å². The highest BCUT2D eigenvalue weighted by molar-refractivity contribution is 6.32. The lowest BCUT2D eigenvalue weighted by Gasteiger charge is -2.24. The van der Waals surface area contributed by atoms with Crippen molar-refractivity contribution >= 4 is 40.5 Å². The van der Waals surface area contributed by atoms with Crippen LogP contribution in [0.1, 0.15) is 18.1 Å². The van der Waals surface area contributed by atoms with Crippen LogP contribution in [0.2, 0.25) is 5.02 Å². The molecule has 180 valence electrons. The number of benzodiazepines with no additional fused rings is 1. The number of hydrogen-bond donors (Lipinski definition) is 1. The zero-order chi connectivity index (χ0) is 25.1. The van der Waals surface area contributed by atoms with Crippen LogP contribution in [0.25, 0.3) is 0 Å². The predicted molar refractivity (Wildman–Crippen MR) is 133 cm³/mol. The Hall–Kier alpha value is -3.91. The number of nitrogens with zero attached hydrogens (tertiary/aromatic N) is 2. The van der Waals surface area contributed by atoms with Crippen LogP contribution in [-0.4, -0.2) is 44.3 Å². The van der Waals surface area contributed by atoms with Crippen molar-refractivity contribution < 1.29 is 23.5 Å². The number of amides is 2. The summed E-state index contributed by atoms with van der Waals surface area (Å²) in [5.74, 6) is -0.326. The molecule has 4 rings (SSSR count). The standard InChI is InChI=1S/C26H23ClFN3O4/c1-15-26(33)31(14-24(32)30-17-11-18(34-2)13-19(12-17)35-3)23-9-8-16(27)10-21(23)25(29-15)20-6-4-5-7-22(20)28/h4-13,15H,14H2,1-3H3,(H,30,32). The molecular weight excluding hydrogens is 473 g/mol. The first-order chi connectivity index (χ1) is 16.8. The Kier molecular flexibility index (Phi) is 7.02. The molecule has 9 heteroatoms. The highest BCUT2D eigenvalue weighted by atomic mass is 35.5. The maximum Gasteiger partial charge on any atom is 0.252 e. The van der Waals surface area contributed by atoms with Gasteiger partial charge in [-0.3, -0.25) is 14.6 Å². The minimum Gasteiger partial charge on any atom is -0.497 e. The van der Waals surface area contributed by atoms with E-state index < -0.39 is 23.7 Å². The highest BCUT2D eigenvalue weighted by Gasteiger charge is 2.32. The molecule has 0 aliphatic carbocycles. The van der Waals surface area contributed by atoms with E-state index in [9.17, 15) is 14.0 Å². The van der Waals surface area contributed by atoms with Crippen molar-refractivity contribution in [3.8, 4) is 11.5 Å². The van der Waals surface area contributed by atoms with Crippen LogP contribution in [0, 0.1) is 5.82 Å². The van der Waals surface area contributed by atoms with Crippen molar-refractivity contribution in [2.45, 2.75) is 13.0 Å². The van der Waals surface area contributed by atoms with Crippen LogP contribution < -0.4 is 19.7 Å². The first-order valence-corrected chi connectivity index (χ1v) is 11.2. The van der Waals surface area contributed by atoms with Gasteiger partial charge in [0.25, 0.3) is 5.91 Å². The fourth-order valence-electron chi connectivity index (χ4n) is 3.85. The lowest BCUT2D eigenvalue weighted by molar-refractivity contribution is -0.122. The van der Waals surface area contributed by atoms with Gasteiger partial charge in [0, 0.05) is 40.0 Å². The molecule has 2 amide bonds. The van der Waals surface area contributed by atoms with E-state index in [2.05, 4.69) is 10.3 Å². The van der Waals surface area contributed by atoms with E-state index in [1.165, 1.54) is 25.2 Å². The molecule has 0 saturated carbocycles. The molecule has 35 heavy (non-hydrogen) atoms. The molecule has 0 bridgehead atoms. The lowest BCUT2D eigenvalue weighted by atomic mass is 9.99. The van der Waals surface area contributed by atoms with Gasteiger partial charge in [-0.2, -0.15) is 0 Å². The number of aliphatic imine (C=N–C) groups is 1. The Bertz CT molecular complexity index is 1310. The summed E-state index contributed by atoms with van der Waals surface area (Å²) in [4.78, 5) is 32.2. The summed E-state index contributed by atoms with van der Waals surface area (Å²) in [6.45, 7) is 1.31. The van der Waals surface area contributed by atoms with Gasteiger partial charge in [0.2, 0.25) is 5.91 Å². The largest absolute Gasteiger partial charge is 0.497 e. The van der Waals surface area contributed by atoms with Crippen LogP contribution >= 0.6 is 11.6 Å². The number of ether oxygens (including phenoxy) is 2. The molecule has 1 aliphatic rings. The number of carbonyl (C=O) groups excluding carboxylic acids is 2. The van der Waals surface area contributed by atoms with E-state index >= 15 is 0 Å². The first-order valence-electron chi connectivity index (χ1n) is 10.8. The van der Waals surface area contributed by atoms with E-state index in [1.54, 1.807) is 61.5 Å². The summed E-state index contributed by atoms with van der Waals surface area (Å²) in [5.41, 5.74) is 1.84. The van der Waals surface area contributed by atoms with Crippen molar-refractivity contribution in [1.82, 2.24) is 0 Å². The molecule has 0 aromatic heterocycles. The Morgan fingerprint density at radius 3 is 2.40 bits per heavy atom. The Labute approximate surface area is 207 Å². The Morgan fingerprint density at radius 2 is 1.74 bits per heavy atom. The molecule has 0 spiro atoms. The molecule has 1 N–H and O–H groups in total. The SMILES string of the molecule is COc1cc(NC(=O)CN2C(=O)C(C)N=C(c3ccccc3F)c3cc(Cl)ccc32)cc(OC)c1. The van der Waals surface area contributed by atoms with Crippen molar-refractivity contribution in [2.75, 3.05) is 31.0 Å². The fraction of sp³-hybridized carbons (Fsp3) is 0.192. The number of methoxy groups -OCH3 is 2. The molecule has 0 radical (unpaired) electrons. The summed E-state index contributed by atoms with van der Waals surface area (Å²) in [5, 5.41) is 3.16. The number of carbonyl (C=O) groups is 2. The third-order valence-electron chi connectivity index (χ3n) is 5.52. The molecule has 0 saturated heterocycles. The molecular formula is C26H23ClFN3O4. The Morgan fingerprint density at radius 1 is 1.06 bits per heavy atom. The third-order valence-corrected chi connectivity index (χ3v) is 5.75. The highest BCUT2D eigenvalue weighted by Crippen LogP contribution is 2.32. The van der Waals surface area contributed by atoms with E-state index in [4.69, 9.17) is 21.1 Å². The van der Waals surface area contributed by atoms with Gasteiger partial charge in [-0.1, -0.05) is 23.7 Å². The molecule has 3 aromatic rings. The van der Waals surface area contributed by atoms with E-state index in [1.807, 2.05) is 0 Å². The normalized spacial score (nSPS) is 15.1. The second kappa shape index (κ2) is 10.1. The van der Waals surface area contributed by atoms with Crippen LogP contribution in [-0.2, 0) is 9.59 Å². The minimum absolute atomic E-state index is 0.241. The smallest absolute Gasteiger partial charge is 0.252 e. The van der Waals surface area contributed by atoms with Gasteiger partial charge in [-0.15, -0.1) is 0 Å². The van der Waals surface area contributed by atoms with Gasteiger partial charge in [-0.25, -0.2) is 4.39 Å². The maximum atomic E-state index is 14.7. The second-order valence-corrected chi connectivity index (χ2v) is 8.31. The topological polar surface area (TPSA) is 80.2 Å². The monoisotopic (exact) mass is 495 g/mol. The molecule has 3 aromatic carbocycles. The average Bonchev–Trinajstić information content (AvgIpc) is 2.94. The van der Waals surface area contributed by atoms with Gasteiger partial charge in [0.15, 0.2) is 0 Å². The van der Waals surface area contributed by atoms with Crippen molar-refractivity contribution in [3.63, 3.8) is 0 Å². The number of hydrogen-bond acceptors (Lipinski definition) is 5. The number of benzene rings is 3. The molecule has 7 nitrogen and oxygen atoms in total. The lowest BCUT2D eigenvalue weighted by Crippen LogP contribution is -2.42. The summed E-state index contributed by atoms with van der Waals surface area (Å²) in [6, 6.07) is 15.1. The van der Waals surface area contributed by atoms with Crippen molar-refractivity contribution in [1.29, 1.82) is 0 Å². The third kappa shape index (κ3) is 5.12. The molecule has 0 fully saturated rings. The van der Waals surface area contributed by atoms with E-state index in [0.29, 0.717) is 39.2 Å². The summed E-state index contributed by atoms with van der Waals surface area (Å²) in [7, 11) is 3.01. The quantitative estimate of drug-likeness (QED) is 0.537. The molecule has 1 heterocycles. The zero-order valence-electron chi connectivity index (χ0n) is 19.3.